The van der Waals surface area contributed by atoms with Crippen molar-refractivity contribution >= 4 is 44.5 Å². The molecule has 1 aliphatic heterocycles. The highest BCUT2D eigenvalue weighted by atomic mass is 79.9. The summed E-state index contributed by atoms with van der Waals surface area (Å²) in [5.41, 5.74) is 0.868. The lowest BCUT2D eigenvalue weighted by Gasteiger charge is -2.23. The van der Waals surface area contributed by atoms with Crippen LogP contribution >= 0.6 is 15.9 Å². The summed E-state index contributed by atoms with van der Waals surface area (Å²) in [6.45, 7) is 5.14. The number of amides is 1. The zero-order valence-corrected chi connectivity index (χ0v) is 16.6. The molecule has 0 bridgehead atoms. The highest BCUT2D eigenvalue weighted by Crippen LogP contribution is 2.33. The first kappa shape index (κ1) is 20.7. The average Bonchev–Trinajstić information content (AvgIpc) is 2.94. The molecule has 1 aromatic heterocycles. The molecule has 0 aliphatic carbocycles. The number of hydrogen-bond donors (Lipinski definition) is 2. The largest absolute Gasteiger partial charge is 1.00 e. The molecule has 142 valence electrons. The van der Waals surface area contributed by atoms with Gasteiger partial charge >= 0.3 is 5.97 Å². The summed E-state index contributed by atoms with van der Waals surface area (Å²) < 4.78 is 16.8. The minimum absolute atomic E-state index is 0. The molecule has 26 heavy (non-hydrogen) atoms. The summed E-state index contributed by atoms with van der Waals surface area (Å²) in [6.07, 6.45) is 0. The minimum Gasteiger partial charge on any atom is -1.00 e. The van der Waals surface area contributed by atoms with Crippen molar-refractivity contribution in [2.24, 2.45) is 0 Å². The lowest BCUT2D eigenvalue weighted by molar-refractivity contribution is -0.899. The third-order valence-electron chi connectivity index (χ3n) is 3.99. The first-order valence-corrected chi connectivity index (χ1v) is 8.98. The van der Waals surface area contributed by atoms with Crippen molar-refractivity contribution in [3.63, 3.8) is 0 Å². The van der Waals surface area contributed by atoms with Crippen LogP contribution in [0.2, 0.25) is 0 Å². The molecule has 1 aromatic carbocycles. The average molecular weight is 448 g/mol. The van der Waals surface area contributed by atoms with Crippen LogP contribution in [-0.2, 0) is 14.3 Å². The Bertz CT molecular complexity index is 789. The van der Waals surface area contributed by atoms with Gasteiger partial charge in [0.1, 0.15) is 24.4 Å². The summed E-state index contributed by atoms with van der Waals surface area (Å²) in [5.74, 6) is -0.755. The molecule has 0 spiro atoms. The Hall–Kier alpha value is -1.61. The van der Waals surface area contributed by atoms with Crippen LogP contribution in [0.25, 0.3) is 11.0 Å². The van der Waals surface area contributed by atoms with Gasteiger partial charge in [-0.15, -0.1) is 0 Å². The maximum Gasteiger partial charge on any atom is 0.376 e. The van der Waals surface area contributed by atoms with Crippen LogP contribution in [0.5, 0.6) is 0 Å². The molecule has 9 heteroatoms. The topological polar surface area (TPSA) is 82.2 Å². The zero-order chi connectivity index (χ0) is 17.8. The predicted molar refractivity (Wildman–Crippen MR) is 94.9 cm³/mol. The number of halogens is 2. The number of carbonyl (C=O) groups excluding carboxylic acids is 2. The molecule has 1 saturated heterocycles. The first-order chi connectivity index (χ1) is 12.1. The number of ether oxygens (including phenoxy) is 2. The Morgan fingerprint density at radius 2 is 2.04 bits per heavy atom. The van der Waals surface area contributed by atoms with Crippen LogP contribution in [0.1, 0.15) is 17.5 Å². The van der Waals surface area contributed by atoms with Crippen LogP contribution in [0.3, 0.4) is 0 Å². The summed E-state index contributed by atoms with van der Waals surface area (Å²) in [5, 5.41) is 3.49. The fourth-order valence-electron chi connectivity index (χ4n) is 2.78. The molecule has 2 aromatic rings. The number of hydrogen-bond acceptors (Lipinski definition) is 5. The second kappa shape index (κ2) is 9.36. The third-order valence-corrected chi connectivity index (χ3v) is 4.48. The number of esters is 1. The van der Waals surface area contributed by atoms with Gasteiger partial charge in [0.05, 0.1) is 19.8 Å². The van der Waals surface area contributed by atoms with Crippen LogP contribution in [0.15, 0.2) is 27.1 Å². The Morgan fingerprint density at radius 1 is 1.31 bits per heavy atom. The molecule has 0 unspecified atom stereocenters. The molecule has 3 rings (SSSR count). The summed E-state index contributed by atoms with van der Waals surface area (Å²) in [6, 6.07) is 5.36. The Morgan fingerprint density at radius 3 is 2.73 bits per heavy atom. The summed E-state index contributed by atoms with van der Waals surface area (Å²) in [4.78, 5) is 25.8. The molecule has 0 atom stereocenters. The predicted octanol–water partition coefficient (Wildman–Crippen LogP) is -1.77. The lowest BCUT2D eigenvalue weighted by atomic mass is 10.2. The number of nitrogens with one attached hydrogen (secondary N) is 2. The molecular formula is C17H20BrClN2O5. The van der Waals surface area contributed by atoms with Gasteiger partial charge < -0.3 is 36.5 Å². The highest BCUT2D eigenvalue weighted by molar-refractivity contribution is 9.10. The number of anilines is 1. The van der Waals surface area contributed by atoms with Crippen LogP contribution in [-0.4, -0.2) is 51.3 Å². The number of fused-ring (bicyclic) bond motifs is 1. The highest BCUT2D eigenvalue weighted by Gasteiger charge is 2.25. The molecule has 0 saturated carbocycles. The maximum absolute atomic E-state index is 12.5. The normalized spacial score (nSPS) is 14.7. The fraction of sp³-hybridized carbons (Fsp3) is 0.412. The Labute approximate surface area is 165 Å². The van der Waals surface area contributed by atoms with Gasteiger partial charge in [-0.3, -0.25) is 4.79 Å². The van der Waals surface area contributed by atoms with E-state index in [2.05, 4.69) is 21.2 Å². The van der Waals surface area contributed by atoms with Gasteiger partial charge in [-0.2, -0.15) is 0 Å². The number of quaternary nitrogens is 1. The number of carbonyl (C=O) groups is 2. The van der Waals surface area contributed by atoms with Crippen LogP contribution < -0.4 is 22.6 Å². The van der Waals surface area contributed by atoms with Gasteiger partial charge in [0.15, 0.2) is 6.54 Å². The van der Waals surface area contributed by atoms with Crippen molar-refractivity contribution in [3.05, 3.63) is 28.4 Å². The van der Waals surface area contributed by atoms with E-state index in [4.69, 9.17) is 13.9 Å². The van der Waals surface area contributed by atoms with Gasteiger partial charge in [0.2, 0.25) is 5.76 Å². The Balaban J connectivity index is 0.00000243. The monoisotopic (exact) mass is 446 g/mol. The van der Waals surface area contributed by atoms with Gasteiger partial charge in [0.25, 0.3) is 5.91 Å². The van der Waals surface area contributed by atoms with Gasteiger partial charge in [-0.1, -0.05) is 15.9 Å². The van der Waals surface area contributed by atoms with Crippen LogP contribution in [0, 0.1) is 0 Å². The van der Waals surface area contributed by atoms with Crippen LogP contribution in [0.4, 0.5) is 5.69 Å². The molecule has 0 radical (unpaired) electrons. The SMILES string of the molecule is CCOC(=O)c1oc2ccc(Br)cc2c1NC(=O)C[NH+]1CCOCC1.[Cl-]. The van der Waals surface area contributed by atoms with Crippen molar-refractivity contribution in [2.75, 3.05) is 44.8 Å². The van der Waals surface area contributed by atoms with E-state index in [1.165, 1.54) is 0 Å². The molecule has 1 aliphatic rings. The maximum atomic E-state index is 12.5. The number of morpholine rings is 1. The van der Waals surface area contributed by atoms with Gasteiger partial charge in [0, 0.05) is 9.86 Å². The molecule has 1 fully saturated rings. The van der Waals surface area contributed by atoms with Crippen molar-refractivity contribution in [1.82, 2.24) is 0 Å². The number of furan rings is 1. The van der Waals surface area contributed by atoms with E-state index in [1.807, 2.05) is 6.07 Å². The van der Waals surface area contributed by atoms with Gasteiger partial charge in [-0.25, -0.2) is 4.79 Å². The minimum atomic E-state index is -0.594. The van der Waals surface area contributed by atoms with Crippen molar-refractivity contribution < 1.29 is 40.8 Å². The quantitative estimate of drug-likeness (QED) is 0.530. The molecule has 2 heterocycles. The van der Waals surface area contributed by atoms with E-state index in [1.54, 1.807) is 19.1 Å². The second-order valence-corrected chi connectivity index (χ2v) is 6.67. The molecule has 7 nitrogen and oxygen atoms in total. The van der Waals surface area contributed by atoms with Crippen molar-refractivity contribution in [2.45, 2.75) is 6.92 Å². The van der Waals surface area contributed by atoms with E-state index in [0.717, 1.165) is 22.5 Å². The van der Waals surface area contributed by atoms with E-state index in [0.29, 0.717) is 36.4 Å². The third kappa shape index (κ3) is 4.76. The van der Waals surface area contributed by atoms with E-state index < -0.39 is 5.97 Å². The molecular weight excluding hydrogens is 428 g/mol. The smallest absolute Gasteiger partial charge is 0.376 e. The Kier molecular flexibility index (Phi) is 7.45. The van der Waals surface area contributed by atoms with Crippen molar-refractivity contribution in [1.29, 1.82) is 0 Å². The lowest BCUT2D eigenvalue weighted by Crippen LogP contribution is -3.15. The van der Waals surface area contributed by atoms with E-state index in [9.17, 15) is 9.59 Å². The first-order valence-electron chi connectivity index (χ1n) is 8.18. The van der Waals surface area contributed by atoms with E-state index >= 15 is 0 Å². The molecule has 1 amide bonds. The van der Waals surface area contributed by atoms with E-state index in [-0.39, 0.29) is 30.7 Å². The standard InChI is InChI=1S/C17H19BrN2O5.ClH/c1-2-24-17(22)16-15(12-9-11(18)3-4-13(12)25-16)19-14(21)10-20-5-7-23-8-6-20;/h3-4,9H,2,5-8,10H2,1H3,(H,19,21);1H. The number of benzene rings is 1. The summed E-state index contributed by atoms with van der Waals surface area (Å²) in [7, 11) is 0. The zero-order valence-electron chi connectivity index (χ0n) is 14.3. The summed E-state index contributed by atoms with van der Waals surface area (Å²) >= 11 is 3.40. The van der Waals surface area contributed by atoms with Gasteiger partial charge in [-0.05, 0) is 25.1 Å². The molecule has 2 N–H and O–H groups in total. The van der Waals surface area contributed by atoms with Crippen molar-refractivity contribution in [3.8, 4) is 0 Å². The second-order valence-electron chi connectivity index (χ2n) is 5.75. The number of rotatable bonds is 5. The fourth-order valence-corrected chi connectivity index (χ4v) is 3.14.